The van der Waals surface area contributed by atoms with E-state index in [4.69, 9.17) is 13.9 Å². The maximum atomic E-state index is 13.7. The van der Waals surface area contributed by atoms with Gasteiger partial charge in [-0.2, -0.15) is 0 Å². The summed E-state index contributed by atoms with van der Waals surface area (Å²) < 4.78 is 20.7. The van der Waals surface area contributed by atoms with E-state index >= 15 is 0 Å². The Balaban J connectivity index is 1.57. The largest absolute Gasteiger partial charge is 0.491 e. The van der Waals surface area contributed by atoms with Gasteiger partial charge in [-0.25, -0.2) is 9.59 Å². The summed E-state index contributed by atoms with van der Waals surface area (Å²) in [6, 6.07) is 17.1. The SMILES string of the molecule is CC(C)Oc1ccc(-n2c(-c3nnc(Cc4ccccc4)o3)c3n(c2=O)CCN(C(=O)OC(C)(C)C)C3)cc1. The van der Waals surface area contributed by atoms with E-state index in [1.54, 1.807) is 14.0 Å². The summed E-state index contributed by atoms with van der Waals surface area (Å²) in [5.74, 6) is 1.34. The first-order valence-electron chi connectivity index (χ1n) is 13.0. The van der Waals surface area contributed by atoms with Gasteiger partial charge in [-0.1, -0.05) is 30.3 Å². The summed E-state index contributed by atoms with van der Waals surface area (Å²) in [6.07, 6.45) is 0.0425. The van der Waals surface area contributed by atoms with Gasteiger partial charge in [0.2, 0.25) is 5.89 Å². The van der Waals surface area contributed by atoms with E-state index in [1.807, 2.05) is 89.2 Å². The molecule has 1 amide bonds. The van der Waals surface area contributed by atoms with Crippen molar-refractivity contribution in [2.45, 2.75) is 65.8 Å². The van der Waals surface area contributed by atoms with Crippen molar-refractivity contribution in [1.82, 2.24) is 24.2 Å². The quantitative estimate of drug-likeness (QED) is 0.351. The lowest BCUT2D eigenvalue weighted by Gasteiger charge is -2.30. The van der Waals surface area contributed by atoms with Gasteiger partial charge >= 0.3 is 11.8 Å². The zero-order chi connectivity index (χ0) is 27.7. The highest BCUT2D eigenvalue weighted by Crippen LogP contribution is 2.30. The molecule has 204 valence electrons. The number of carbonyl (C=O) groups is 1. The molecule has 1 aliphatic heterocycles. The van der Waals surface area contributed by atoms with Crippen molar-refractivity contribution in [2.24, 2.45) is 0 Å². The number of fused-ring (bicyclic) bond motifs is 1. The van der Waals surface area contributed by atoms with Crippen molar-refractivity contribution in [2.75, 3.05) is 6.54 Å². The lowest BCUT2D eigenvalue weighted by atomic mass is 10.1. The molecule has 1 aliphatic rings. The molecule has 0 aliphatic carbocycles. The highest BCUT2D eigenvalue weighted by atomic mass is 16.6. The number of benzene rings is 2. The van der Waals surface area contributed by atoms with Crippen molar-refractivity contribution in [3.05, 3.63) is 82.2 Å². The van der Waals surface area contributed by atoms with Crippen LogP contribution in [0.4, 0.5) is 4.79 Å². The number of hydrogen-bond acceptors (Lipinski definition) is 7. The maximum absolute atomic E-state index is 13.7. The lowest BCUT2D eigenvalue weighted by molar-refractivity contribution is 0.0198. The third-order valence-corrected chi connectivity index (χ3v) is 6.17. The molecule has 10 nitrogen and oxygen atoms in total. The Morgan fingerprint density at radius 2 is 1.74 bits per heavy atom. The molecule has 0 bridgehead atoms. The summed E-state index contributed by atoms with van der Waals surface area (Å²) in [5.41, 5.74) is 1.83. The maximum Gasteiger partial charge on any atom is 0.410 e. The number of carbonyl (C=O) groups excluding carboxylic acids is 1. The van der Waals surface area contributed by atoms with Crippen molar-refractivity contribution < 1.29 is 18.7 Å². The monoisotopic (exact) mass is 531 g/mol. The number of nitrogens with zero attached hydrogens (tertiary/aromatic N) is 5. The minimum absolute atomic E-state index is 0.0243. The molecule has 10 heteroatoms. The molecule has 0 saturated carbocycles. The molecule has 0 radical (unpaired) electrons. The van der Waals surface area contributed by atoms with E-state index < -0.39 is 11.7 Å². The topological polar surface area (TPSA) is 105 Å². The van der Waals surface area contributed by atoms with E-state index in [0.717, 1.165) is 5.56 Å². The van der Waals surface area contributed by atoms with Gasteiger partial charge in [-0.3, -0.25) is 9.13 Å². The molecule has 0 N–H and O–H groups in total. The van der Waals surface area contributed by atoms with Crippen molar-refractivity contribution in [1.29, 1.82) is 0 Å². The Labute approximate surface area is 226 Å². The van der Waals surface area contributed by atoms with Crippen LogP contribution in [0.25, 0.3) is 17.3 Å². The summed E-state index contributed by atoms with van der Waals surface area (Å²) >= 11 is 0. The molecule has 0 atom stereocenters. The first-order chi connectivity index (χ1) is 18.6. The van der Waals surface area contributed by atoms with Crippen LogP contribution in [-0.2, 0) is 24.2 Å². The zero-order valence-electron chi connectivity index (χ0n) is 22.9. The normalized spacial score (nSPS) is 13.4. The fourth-order valence-corrected chi connectivity index (χ4v) is 4.54. The standard InChI is InChI=1S/C29H33N5O5/c1-19(2)37-22-13-11-21(12-14-22)34-25(26-31-30-24(38-26)17-20-9-7-6-8-10-20)23-18-32(15-16-33(23)27(34)35)28(36)39-29(3,4)5/h6-14,19H,15-18H2,1-5H3. The number of aromatic nitrogens is 4. The number of ether oxygens (including phenoxy) is 2. The van der Waals surface area contributed by atoms with E-state index in [0.29, 0.717) is 48.2 Å². The van der Waals surface area contributed by atoms with Crippen LogP contribution in [0, 0.1) is 0 Å². The summed E-state index contributed by atoms with van der Waals surface area (Å²) in [4.78, 5) is 28.2. The first kappa shape index (κ1) is 26.3. The van der Waals surface area contributed by atoms with Gasteiger partial charge in [0.25, 0.3) is 5.89 Å². The molecule has 0 saturated heterocycles. The van der Waals surface area contributed by atoms with Gasteiger partial charge in [0.1, 0.15) is 17.0 Å². The van der Waals surface area contributed by atoms with Crippen molar-refractivity contribution >= 4 is 6.09 Å². The van der Waals surface area contributed by atoms with Crippen LogP contribution in [0.5, 0.6) is 5.75 Å². The van der Waals surface area contributed by atoms with Crippen LogP contribution in [-0.4, -0.2) is 48.6 Å². The average molecular weight is 532 g/mol. The van der Waals surface area contributed by atoms with Gasteiger partial charge in [-0.05, 0) is 64.4 Å². The molecule has 0 spiro atoms. The molecule has 3 heterocycles. The van der Waals surface area contributed by atoms with Gasteiger partial charge in [0.05, 0.1) is 30.5 Å². The third kappa shape index (κ3) is 5.74. The Morgan fingerprint density at radius 3 is 2.41 bits per heavy atom. The van der Waals surface area contributed by atoms with Gasteiger partial charge in [-0.15, -0.1) is 10.2 Å². The molecule has 2 aromatic carbocycles. The molecule has 5 rings (SSSR count). The molecular weight excluding hydrogens is 498 g/mol. The van der Waals surface area contributed by atoms with Crippen LogP contribution in [0.15, 0.2) is 63.8 Å². The summed E-state index contributed by atoms with van der Waals surface area (Å²) in [7, 11) is 0. The summed E-state index contributed by atoms with van der Waals surface area (Å²) in [5, 5.41) is 8.59. The third-order valence-electron chi connectivity index (χ3n) is 6.17. The molecule has 39 heavy (non-hydrogen) atoms. The minimum Gasteiger partial charge on any atom is -0.491 e. The van der Waals surface area contributed by atoms with Crippen molar-refractivity contribution in [3.8, 4) is 23.0 Å². The second-order valence-corrected chi connectivity index (χ2v) is 10.8. The Morgan fingerprint density at radius 1 is 1.03 bits per heavy atom. The lowest BCUT2D eigenvalue weighted by Crippen LogP contribution is -2.43. The predicted octanol–water partition coefficient (Wildman–Crippen LogP) is 4.82. The fraction of sp³-hybridized carbons (Fsp3) is 0.379. The predicted molar refractivity (Wildman–Crippen MR) is 145 cm³/mol. The molecule has 0 fully saturated rings. The zero-order valence-corrected chi connectivity index (χ0v) is 22.9. The highest BCUT2D eigenvalue weighted by molar-refractivity contribution is 5.69. The molecule has 2 aromatic heterocycles. The Hall–Kier alpha value is -4.34. The Bertz CT molecular complexity index is 1510. The van der Waals surface area contributed by atoms with Crippen molar-refractivity contribution in [3.63, 3.8) is 0 Å². The van der Waals surface area contributed by atoms with Gasteiger partial charge < -0.3 is 18.8 Å². The van der Waals surface area contributed by atoms with E-state index in [9.17, 15) is 9.59 Å². The molecule has 4 aromatic rings. The first-order valence-corrected chi connectivity index (χ1v) is 13.0. The van der Waals surface area contributed by atoms with Gasteiger partial charge in [0.15, 0.2) is 0 Å². The van der Waals surface area contributed by atoms with Crippen LogP contribution < -0.4 is 10.4 Å². The number of amides is 1. The van der Waals surface area contributed by atoms with E-state index in [-0.39, 0.29) is 24.2 Å². The number of hydrogen-bond donors (Lipinski definition) is 0. The highest BCUT2D eigenvalue weighted by Gasteiger charge is 2.33. The number of imidazole rings is 1. The van der Waals surface area contributed by atoms with E-state index in [1.165, 1.54) is 0 Å². The van der Waals surface area contributed by atoms with Crippen LogP contribution in [0.2, 0.25) is 0 Å². The minimum atomic E-state index is -0.637. The van der Waals surface area contributed by atoms with Crippen LogP contribution in [0.3, 0.4) is 0 Å². The second-order valence-electron chi connectivity index (χ2n) is 10.8. The van der Waals surface area contributed by atoms with Crippen LogP contribution in [0.1, 0.15) is 51.8 Å². The molecule has 0 unspecified atom stereocenters. The average Bonchev–Trinajstić information content (AvgIpc) is 3.45. The fourth-order valence-electron chi connectivity index (χ4n) is 4.54. The van der Waals surface area contributed by atoms with Crippen LogP contribution >= 0.6 is 0 Å². The smallest absolute Gasteiger partial charge is 0.410 e. The van der Waals surface area contributed by atoms with Gasteiger partial charge in [0, 0.05) is 13.1 Å². The van der Waals surface area contributed by atoms with E-state index in [2.05, 4.69) is 10.2 Å². The number of rotatable bonds is 6. The second kappa shape index (κ2) is 10.4. The molecular formula is C29H33N5O5. The summed E-state index contributed by atoms with van der Waals surface area (Å²) in [6.45, 7) is 10.2. The Kier molecular flexibility index (Phi) is 7.03.